The van der Waals surface area contributed by atoms with E-state index in [0.29, 0.717) is 17.9 Å². The van der Waals surface area contributed by atoms with Crippen LogP contribution in [0.1, 0.15) is 31.3 Å². The number of benzene rings is 1. The van der Waals surface area contributed by atoms with Gasteiger partial charge in [-0.25, -0.2) is 9.67 Å². The lowest BCUT2D eigenvalue weighted by Gasteiger charge is -2.11. The van der Waals surface area contributed by atoms with Crippen molar-refractivity contribution >= 4 is 5.97 Å². The molecule has 2 rings (SSSR count). The van der Waals surface area contributed by atoms with Crippen LogP contribution in [0.3, 0.4) is 0 Å². The fourth-order valence-corrected chi connectivity index (χ4v) is 1.88. The van der Waals surface area contributed by atoms with E-state index in [1.54, 1.807) is 28.9 Å². The molecule has 0 aliphatic rings. The van der Waals surface area contributed by atoms with Crippen LogP contribution in [0.15, 0.2) is 30.6 Å². The summed E-state index contributed by atoms with van der Waals surface area (Å²) in [5.41, 5.74) is 0.709. The van der Waals surface area contributed by atoms with Gasteiger partial charge in [0.25, 0.3) is 0 Å². The Labute approximate surface area is 117 Å². The molecular weight excluding hydrogens is 258 g/mol. The number of carboxylic acids is 1. The number of carbonyl (C=O) groups is 1. The first-order chi connectivity index (χ1) is 9.56. The van der Waals surface area contributed by atoms with Crippen molar-refractivity contribution in [3.63, 3.8) is 0 Å². The third kappa shape index (κ3) is 3.57. The highest BCUT2D eigenvalue weighted by molar-refractivity contribution is 5.70. The maximum absolute atomic E-state index is 10.7. The fourth-order valence-electron chi connectivity index (χ4n) is 1.88. The first-order valence-electron chi connectivity index (χ1n) is 6.38. The van der Waals surface area contributed by atoms with Gasteiger partial charge in [0, 0.05) is 6.04 Å². The van der Waals surface area contributed by atoms with E-state index >= 15 is 0 Å². The smallest absolute Gasteiger partial charge is 0.307 e. The third-order valence-corrected chi connectivity index (χ3v) is 2.76. The van der Waals surface area contributed by atoms with Crippen molar-refractivity contribution in [1.29, 1.82) is 0 Å². The number of hydrogen-bond acceptors (Lipinski definition) is 4. The Morgan fingerprint density at radius 3 is 2.95 bits per heavy atom. The SMILES string of the molecule is CC(C)n1ncnc1COc1cccc(CC(=O)O)c1. The van der Waals surface area contributed by atoms with Gasteiger partial charge in [0.05, 0.1) is 6.42 Å². The average molecular weight is 275 g/mol. The fraction of sp³-hybridized carbons (Fsp3) is 0.357. The number of ether oxygens (including phenoxy) is 1. The molecule has 0 bridgehead atoms. The van der Waals surface area contributed by atoms with E-state index < -0.39 is 5.97 Å². The molecule has 106 valence electrons. The maximum Gasteiger partial charge on any atom is 0.307 e. The zero-order valence-corrected chi connectivity index (χ0v) is 11.5. The summed E-state index contributed by atoms with van der Waals surface area (Å²) in [6.07, 6.45) is 1.49. The topological polar surface area (TPSA) is 77.2 Å². The van der Waals surface area contributed by atoms with E-state index in [9.17, 15) is 4.79 Å². The lowest BCUT2D eigenvalue weighted by atomic mass is 10.1. The highest BCUT2D eigenvalue weighted by atomic mass is 16.5. The second-order valence-corrected chi connectivity index (χ2v) is 4.72. The van der Waals surface area contributed by atoms with E-state index in [1.165, 1.54) is 6.33 Å². The van der Waals surface area contributed by atoms with Crippen LogP contribution in [0.2, 0.25) is 0 Å². The van der Waals surface area contributed by atoms with Crippen molar-refractivity contribution in [2.75, 3.05) is 0 Å². The summed E-state index contributed by atoms with van der Waals surface area (Å²) in [5, 5.41) is 12.9. The average Bonchev–Trinajstić information content (AvgIpc) is 2.84. The van der Waals surface area contributed by atoms with Crippen LogP contribution in [0.4, 0.5) is 0 Å². The van der Waals surface area contributed by atoms with Gasteiger partial charge in [0.15, 0.2) is 5.82 Å². The summed E-state index contributed by atoms with van der Waals surface area (Å²) >= 11 is 0. The van der Waals surface area contributed by atoms with Gasteiger partial charge < -0.3 is 9.84 Å². The van der Waals surface area contributed by atoms with Crippen LogP contribution in [-0.2, 0) is 17.8 Å². The number of nitrogens with zero attached hydrogens (tertiary/aromatic N) is 3. The largest absolute Gasteiger partial charge is 0.486 e. The number of rotatable bonds is 6. The monoisotopic (exact) mass is 275 g/mol. The molecule has 1 N–H and O–H groups in total. The molecule has 0 saturated heterocycles. The van der Waals surface area contributed by atoms with E-state index in [2.05, 4.69) is 10.1 Å². The molecule has 0 amide bonds. The van der Waals surface area contributed by atoms with E-state index in [1.807, 2.05) is 13.8 Å². The molecular formula is C14H17N3O3. The molecule has 0 aliphatic carbocycles. The van der Waals surface area contributed by atoms with Crippen LogP contribution in [0, 0.1) is 0 Å². The summed E-state index contributed by atoms with van der Waals surface area (Å²) in [5.74, 6) is 0.507. The van der Waals surface area contributed by atoms with Crippen molar-refractivity contribution < 1.29 is 14.6 Å². The first-order valence-corrected chi connectivity index (χ1v) is 6.38. The standard InChI is InChI=1S/C14H17N3O3/c1-10(2)17-13(15-9-16-17)8-20-12-5-3-4-11(6-12)7-14(18)19/h3-6,9-10H,7-8H2,1-2H3,(H,18,19). The summed E-state index contributed by atoms with van der Waals surface area (Å²) in [6, 6.07) is 7.28. The molecule has 0 fully saturated rings. The Morgan fingerprint density at radius 2 is 2.25 bits per heavy atom. The van der Waals surface area contributed by atoms with Crippen LogP contribution in [-0.4, -0.2) is 25.8 Å². The Bertz CT molecular complexity index is 593. The van der Waals surface area contributed by atoms with Crippen LogP contribution >= 0.6 is 0 Å². The van der Waals surface area contributed by atoms with Crippen molar-refractivity contribution in [3.8, 4) is 5.75 Å². The zero-order chi connectivity index (χ0) is 14.5. The van der Waals surface area contributed by atoms with E-state index in [-0.39, 0.29) is 12.5 Å². The molecule has 0 unspecified atom stereocenters. The second kappa shape index (κ2) is 6.18. The highest BCUT2D eigenvalue weighted by Crippen LogP contribution is 2.16. The normalized spacial score (nSPS) is 10.8. The Hall–Kier alpha value is -2.37. The zero-order valence-electron chi connectivity index (χ0n) is 11.5. The Kier molecular flexibility index (Phi) is 4.34. The minimum atomic E-state index is -0.860. The molecule has 6 nitrogen and oxygen atoms in total. The van der Waals surface area contributed by atoms with Crippen LogP contribution in [0.25, 0.3) is 0 Å². The number of aliphatic carboxylic acids is 1. The summed E-state index contributed by atoms with van der Waals surface area (Å²) in [6.45, 7) is 4.34. The summed E-state index contributed by atoms with van der Waals surface area (Å²) in [7, 11) is 0. The molecule has 0 radical (unpaired) electrons. The molecule has 0 aliphatic heterocycles. The number of carboxylic acid groups (broad SMARTS) is 1. The van der Waals surface area contributed by atoms with Gasteiger partial charge in [-0.15, -0.1) is 0 Å². The third-order valence-electron chi connectivity index (χ3n) is 2.76. The quantitative estimate of drug-likeness (QED) is 0.873. The van der Waals surface area contributed by atoms with Crippen LogP contribution in [0.5, 0.6) is 5.75 Å². The van der Waals surface area contributed by atoms with Crippen molar-refractivity contribution in [1.82, 2.24) is 14.8 Å². The first kappa shape index (κ1) is 14.0. The predicted molar refractivity (Wildman–Crippen MR) is 72.5 cm³/mol. The molecule has 1 aromatic carbocycles. The lowest BCUT2D eigenvalue weighted by molar-refractivity contribution is -0.136. The molecule has 1 heterocycles. The molecule has 20 heavy (non-hydrogen) atoms. The summed E-state index contributed by atoms with van der Waals surface area (Å²) in [4.78, 5) is 14.8. The summed E-state index contributed by atoms with van der Waals surface area (Å²) < 4.78 is 7.44. The van der Waals surface area contributed by atoms with Crippen LogP contribution < -0.4 is 4.74 Å². The Balaban J connectivity index is 2.03. The molecule has 0 atom stereocenters. The van der Waals surface area contributed by atoms with E-state index in [4.69, 9.17) is 9.84 Å². The van der Waals surface area contributed by atoms with Gasteiger partial charge in [-0.05, 0) is 31.5 Å². The molecule has 6 heteroatoms. The molecule has 0 saturated carbocycles. The van der Waals surface area contributed by atoms with Gasteiger partial charge in [-0.1, -0.05) is 12.1 Å². The van der Waals surface area contributed by atoms with E-state index in [0.717, 1.165) is 5.82 Å². The maximum atomic E-state index is 10.7. The molecule has 0 spiro atoms. The lowest BCUT2D eigenvalue weighted by Crippen LogP contribution is -2.10. The minimum Gasteiger partial charge on any atom is -0.486 e. The molecule has 1 aromatic heterocycles. The minimum absolute atomic E-state index is 0.0145. The van der Waals surface area contributed by atoms with Gasteiger partial charge in [0.2, 0.25) is 0 Å². The van der Waals surface area contributed by atoms with Gasteiger partial charge in [-0.2, -0.15) is 5.10 Å². The van der Waals surface area contributed by atoms with Gasteiger partial charge in [0.1, 0.15) is 18.7 Å². The van der Waals surface area contributed by atoms with Crippen molar-refractivity contribution in [2.24, 2.45) is 0 Å². The number of aromatic nitrogens is 3. The second-order valence-electron chi connectivity index (χ2n) is 4.72. The predicted octanol–water partition coefficient (Wildman–Crippen LogP) is 2.07. The molecule has 2 aromatic rings. The Morgan fingerprint density at radius 1 is 1.45 bits per heavy atom. The highest BCUT2D eigenvalue weighted by Gasteiger charge is 2.08. The van der Waals surface area contributed by atoms with Crippen molar-refractivity contribution in [2.45, 2.75) is 32.9 Å². The van der Waals surface area contributed by atoms with Gasteiger partial charge in [-0.3, -0.25) is 4.79 Å². The van der Waals surface area contributed by atoms with Crippen molar-refractivity contribution in [3.05, 3.63) is 42.0 Å². The number of hydrogen-bond donors (Lipinski definition) is 1. The van der Waals surface area contributed by atoms with Gasteiger partial charge >= 0.3 is 5.97 Å².